The Morgan fingerprint density at radius 3 is 2.54 bits per heavy atom. The first-order valence-corrected chi connectivity index (χ1v) is 7.79. The second-order valence-electron chi connectivity index (χ2n) is 5.58. The van der Waals surface area contributed by atoms with Gasteiger partial charge in [-0.25, -0.2) is 0 Å². The number of aromatic hydroxyl groups is 1. The minimum Gasteiger partial charge on any atom is -0.508 e. The van der Waals surface area contributed by atoms with Crippen LogP contribution >= 0.6 is 0 Å². The van der Waals surface area contributed by atoms with Crippen LogP contribution in [0.15, 0.2) is 60.7 Å². The zero-order valence-corrected chi connectivity index (χ0v) is 13.4. The monoisotopic (exact) mass is 321 g/mol. The highest BCUT2D eigenvalue weighted by Crippen LogP contribution is 2.18. The van der Waals surface area contributed by atoms with Crippen LogP contribution < -0.4 is 5.32 Å². The van der Waals surface area contributed by atoms with E-state index >= 15 is 0 Å². The van der Waals surface area contributed by atoms with Crippen molar-refractivity contribution in [2.45, 2.75) is 6.42 Å². The Morgan fingerprint density at radius 1 is 1.12 bits per heavy atom. The molecule has 5 nitrogen and oxygen atoms in total. The molecule has 0 unspecified atom stereocenters. The minimum absolute atomic E-state index is 0.147. The first-order chi connectivity index (χ1) is 11.6. The molecule has 3 rings (SSSR count). The van der Waals surface area contributed by atoms with Crippen molar-refractivity contribution in [3.8, 4) is 17.0 Å². The number of phenols is 1. The van der Waals surface area contributed by atoms with Crippen LogP contribution in [0.2, 0.25) is 0 Å². The Labute approximate surface area is 140 Å². The van der Waals surface area contributed by atoms with Crippen LogP contribution in [0.25, 0.3) is 11.3 Å². The Kier molecular flexibility index (Phi) is 4.61. The van der Waals surface area contributed by atoms with Crippen LogP contribution in [-0.2, 0) is 13.5 Å². The van der Waals surface area contributed by atoms with Crippen LogP contribution in [0.4, 0.5) is 0 Å². The summed E-state index contributed by atoms with van der Waals surface area (Å²) in [4.78, 5) is 12.3. The summed E-state index contributed by atoms with van der Waals surface area (Å²) in [7, 11) is 1.77. The molecule has 0 aliphatic rings. The van der Waals surface area contributed by atoms with Gasteiger partial charge < -0.3 is 10.4 Å². The Bertz CT molecular complexity index is 824. The molecule has 0 saturated carbocycles. The van der Waals surface area contributed by atoms with Crippen LogP contribution in [0, 0.1) is 0 Å². The maximum absolute atomic E-state index is 12.3. The van der Waals surface area contributed by atoms with Crippen molar-refractivity contribution >= 4 is 5.91 Å². The number of nitrogens with zero attached hydrogens (tertiary/aromatic N) is 2. The van der Waals surface area contributed by atoms with Gasteiger partial charge in [0.25, 0.3) is 5.91 Å². The van der Waals surface area contributed by atoms with E-state index in [0.29, 0.717) is 18.7 Å². The predicted octanol–water partition coefficient (Wildman–Crippen LogP) is 2.77. The van der Waals surface area contributed by atoms with Crippen LogP contribution in [0.3, 0.4) is 0 Å². The molecule has 2 N–H and O–H groups in total. The fourth-order valence-corrected chi connectivity index (χ4v) is 2.50. The van der Waals surface area contributed by atoms with Gasteiger partial charge in [-0.3, -0.25) is 9.48 Å². The fraction of sp³-hybridized carbons (Fsp3) is 0.158. The van der Waals surface area contributed by atoms with Gasteiger partial charge in [0.2, 0.25) is 0 Å². The third-order valence-corrected chi connectivity index (χ3v) is 3.82. The van der Waals surface area contributed by atoms with Crippen molar-refractivity contribution in [2.24, 2.45) is 7.05 Å². The highest BCUT2D eigenvalue weighted by molar-refractivity contribution is 5.93. The number of hydrogen-bond acceptors (Lipinski definition) is 3. The molecule has 1 heterocycles. The summed E-state index contributed by atoms with van der Waals surface area (Å²) in [5, 5.41) is 16.6. The molecule has 1 aromatic heterocycles. The first-order valence-electron chi connectivity index (χ1n) is 7.79. The van der Waals surface area contributed by atoms with E-state index in [4.69, 9.17) is 0 Å². The lowest BCUT2D eigenvalue weighted by molar-refractivity contribution is 0.0944. The van der Waals surface area contributed by atoms with Crippen LogP contribution in [0.1, 0.15) is 16.1 Å². The van der Waals surface area contributed by atoms with Gasteiger partial charge in [0.05, 0.1) is 5.69 Å². The molecule has 0 bridgehead atoms. The van der Waals surface area contributed by atoms with E-state index in [1.165, 1.54) is 0 Å². The standard InChI is InChI=1S/C19H19N3O2/c1-22-18(13-17(21-22)15-5-3-2-4-6-15)19(24)20-12-11-14-7-9-16(23)10-8-14/h2-10,13,23H,11-12H2,1H3,(H,20,24). The van der Waals surface area contributed by atoms with Crippen LogP contribution in [-0.4, -0.2) is 27.3 Å². The van der Waals surface area contributed by atoms with Gasteiger partial charge in [0.1, 0.15) is 11.4 Å². The summed E-state index contributed by atoms with van der Waals surface area (Å²) in [6, 6.07) is 18.5. The molecule has 0 fully saturated rings. The largest absolute Gasteiger partial charge is 0.508 e. The predicted molar refractivity (Wildman–Crippen MR) is 92.8 cm³/mol. The molecule has 1 amide bonds. The van der Waals surface area contributed by atoms with E-state index in [1.54, 1.807) is 29.9 Å². The zero-order chi connectivity index (χ0) is 16.9. The van der Waals surface area contributed by atoms with E-state index < -0.39 is 0 Å². The maximum atomic E-state index is 12.3. The Hall–Kier alpha value is -3.08. The van der Waals surface area contributed by atoms with E-state index in [2.05, 4.69) is 10.4 Å². The van der Waals surface area contributed by atoms with Crippen molar-refractivity contribution in [2.75, 3.05) is 6.54 Å². The topological polar surface area (TPSA) is 67.2 Å². The van der Waals surface area contributed by atoms with Gasteiger partial charge in [-0.15, -0.1) is 0 Å². The van der Waals surface area contributed by atoms with Gasteiger partial charge in [-0.2, -0.15) is 5.10 Å². The highest BCUT2D eigenvalue weighted by Gasteiger charge is 2.13. The SMILES string of the molecule is Cn1nc(-c2ccccc2)cc1C(=O)NCCc1ccc(O)cc1. The van der Waals surface area contributed by atoms with E-state index in [1.807, 2.05) is 42.5 Å². The molecule has 2 aromatic carbocycles. The van der Waals surface area contributed by atoms with E-state index in [0.717, 1.165) is 16.8 Å². The van der Waals surface area contributed by atoms with E-state index in [9.17, 15) is 9.90 Å². The third-order valence-electron chi connectivity index (χ3n) is 3.82. The molecule has 0 saturated heterocycles. The number of aryl methyl sites for hydroxylation is 1. The van der Waals surface area contributed by atoms with Gasteiger partial charge in [-0.1, -0.05) is 42.5 Å². The van der Waals surface area contributed by atoms with Gasteiger partial charge in [0.15, 0.2) is 0 Å². The van der Waals surface area contributed by atoms with Gasteiger partial charge in [-0.05, 0) is 30.2 Å². The molecule has 0 radical (unpaired) electrons. The van der Waals surface area contributed by atoms with Gasteiger partial charge >= 0.3 is 0 Å². The quantitative estimate of drug-likeness (QED) is 0.759. The highest BCUT2D eigenvalue weighted by atomic mass is 16.3. The molecule has 0 atom stereocenters. The molecule has 0 aliphatic heterocycles. The summed E-state index contributed by atoms with van der Waals surface area (Å²) in [5.74, 6) is 0.0945. The lowest BCUT2D eigenvalue weighted by Crippen LogP contribution is -2.27. The fourth-order valence-electron chi connectivity index (χ4n) is 2.50. The zero-order valence-electron chi connectivity index (χ0n) is 13.4. The lowest BCUT2D eigenvalue weighted by atomic mass is 10.1. The van der Waals surface area contributed by atoms with Crippen molar-refractivity contribution in [1.29, 1.82) is 0 Å². The first kappa shape index (κ1) is 15.8. The average molecular weight is 321 g/mol. The lowest BCUT2D eigenvalue weighted by Gasteiger charge is -2.05. The summed E-state index contributed by atoms with van der Waals surface area (Å²) in [5.41, 5.74) is 3.35. The maximum Gasteiger partial charge on any atom is 0.269 e. The third kappa shape index (κ3) is 3.63. The van der Waals surface area contributed by atoms with Crippen molar-refractivity contribution in [1.82, 2.24) is 15.1 Å². The number of aromatic nitrogens is 2. The minimum atomic E-state index is -0.147. The number of nitrogens with one attached hydrogen (secondary N) is 1. The molecule has 3 aromatic rings. The summed E-state index contributed by atoms with van der Waals surface area (Å²) in [6.45, 7) is 0.523. The van der Waals surface area contributed by atoms with Crippen molar-refractivity contribution in [3.05, 3.63) is 71.9 Å². The molecular weight excluding hydrogens is 302 g/mol. The number of carbonyl (C=O) groups is 1. The normalized spacial score (nSPS) is 10.5. The number of hydrogen-bond donors (Lipinski definition) is 2. The number of phenolic OH excluding ortho intramolecular Hbond substituents is 1. The average Bonchev–Trinajstić information content (AvgIpc) is 2.99. The molecule has 0 spiro atoms. The summed E-state index contributed by atoms with van der Waals surface area (Å²) >= 11 is 0. The number of carbonyl (C=O) groups excluding carboxylic acids is 1. The summed E-state index contributed by atoms with van der Waals surface area (Å²) < 4.78 is 1.60. The number of benzene rings is 2. The number of amides is 1. The second-order valence-corrected chi connectivity index (χ2v) is 5.58. The van der Waals surface area contributed by atoms with Gasteiger partial charge in [0, 0.05) is 19.2 Å². The van der Waals surface area contributed by atoms with Crippen molar-refractivity contribution in [3.63, 3.8) is 0 Å². The van der Waals surface area contributed by atoms with Crippen LogP contribution in [0.5, 0.6) is 5.75 Å². The smallest absolute Gasteiger partial charge is 0.269 e. The van der Waals surface area contributed by atoms with Crippen molar-refractivity contribution < 1.29 is 9.90 Å². The Morgan fingerprint density at radius 2 is 1.83 bits per heavy atom. The molecular formula is C19H19N3O2. The summed E-state index contributed by atoms with van der Waals surface area (Å²) in [6.07, 6.45) is 0.704. The molecule has 24 heavy (non-hydrogen) atoms. The molecule has 122 valence electrons. The number of rotatable bonds is 5. The second kappa shape index (κ2) is 7.00. The molecule has 0 aliphatic carbocycles. The Balaban J connectivity index is 1.63. The molecule has 5 heteroatoms. The van der Waals surface area contributed by atoms with E-state index in [-0.39, 0.29) is 11.7 Å².